The molecule has 1 aliphatic heterocycles. The summed E-state index contributed by atoms with van der Waals surface area (Å²) in [7, 11) is 0. The zero-order valence-electron chi connectivity index (χ0n) is 17.9. The van der Waals surface area contributed by atoms with Crippen molar-refractivity contribution < 1.29 is 9.90 Å². The molecule has 0 spiro atoms. The number of carbonyl (C=O) groups is 1. The first-order chi connectivity index (χ1) is 15.6. The maximum atomic E-state index is 13.5. The van der Waals surface area contributed by atoms with E-state index in [0.717, 1.165) is 43.0 Å². The minimum Gasteiger partial charge on any atom is -0.502 e. The van der Waals surface area contributed by atoms with Crippen molar-refractivity contribution in [2.75, 3.05) is 6.54 Å². The molecule has 1 amide bonds. The Morgan fingerprint density at radius 2 is 1.47 bits per heavy atom. The van der Waals surface area contributed by atoms with Crippen LogP contribution < -0.4 is 5.43 Å². The lowest BCUT2D eigenvalue weighted by atomic mass is 9.83. The van der Waals surface area contributed by atoms with Crippen LogP contribution in [0.15, 0.2) is 71.7 Å². The SMILES string of the molecule is O=C1c2c(O)c(=O)cnn2C(C(c2ccccc2)c2ccccc2)CN1C1CCCCC1. The Kier molecular flexibility index (Phi) is 5.52. The second kappa shape index (κ2) is 8.61. The molecule has 1 aliphatic carbocycles. The van der Waals surface area contributed by atoms with Crippen LogP contribution in [0.1, 0.15) is 65.7 Å². The van der Waals surface area contributed by atoms with Gasteiger partial charge in [-0.05, 0) is 24.0 Å². The summed E-state index contributed by atoms with van der Waals surface area (Å²) >= 11 is 0. The molecule has 1 saturated carbocycles. The van der Waals surface area contributed by atoms with Gasteiger partial charge in [-0.25, -0.2) is 0 Å². The summed E-state index contributed by atoms with van der Waals surface area (Å²) in [5.41, 5.74) is 1.60. The van der Waals surface area contributed by atoms with Gasteiger partial charge in [0.25, 0.3) is 5.91 Å². The predicted molar refractivity (Wildman–Crippen MR) is 122 cm³/mol. The lowest BCUT2D eigenvalue weighted by Gasteiger charge is -2.43. The number of amides is 1. The topological polar surface area (TPSA) is 75.4 Å². The van der Waals surface area contributed by atoms with Crippen molar-refractivity contribution in [2.24, 2.45) is 0 Å². The summed E-state index contributed by atoms with van der Waals surface area (Å²) < 4.78 is 1.59. The van der Waals surface area contributed by atoms with E-state index in [9.17, 15) is 14.7 Å². The molecule has 1 atom stereocenters. The smallest absolute Gasteiger partial charge is 0.276 e. The van der Waals surface area contributed by atoms with Gasteiger partial charge in [-0.1, -0.05) is 79.9 Å². The molecular formula is C26H27N3O3. The summed E-state index contributed by atoms with van der Waals surface area (Å²) in [4.78, 5) is 27.6. The fourth-order valence-electron chi connectivity index (χ4n) is 5.32. The molecule has 6 nitrogen and oxygen atoms in total. The van der Waals surface area contributed by atoms with Crippen LogP contribution in [0.2, 0.25) is 0 Å². The number of aromatic hydroxyl groups is 1. The molecule has 0 bridgehead atoms. The van der Waals surface area contributed by atoms with Crippen molar-refractivity contribution in [3.05, 3.63) is 93.9 Å². The molecule has 1 aromatic heterocycles. The van der Waals surface area contributed by atoms with E-state index in [1.807, 2.05) is 41.3 Å². The Bertz CT molecular complexity index is 1110. The molecule has 6 heteroatoms. The first-order valence-corrected chi connectivity index (χ1v) is 11.4. The molecule has 2 aliphatic rings. The second-order valence-electron chi connectivity index (χ2n) is 8.77. The highest BCUT2D eigenvalue weighted by Crippen LogP contribution is 2.40. The number of carbonyl (C=O) groups excluding carboxylic acids is 1. The zero-order chi connectivity index (χ0) is 22.1. The summed E-state index contributed by atoms with van der Waals surface area (Å²) in [6, 6.07) is 20.2. The standard InChI is InChI=1S/C26H27N3O3/c30-22-16-27-29-21(23(18-10-4-1-5-11-18)19-12-6-2-7-13-19)17-28(20-14-8-3-9-15-20)26(32)24(29)25(22)31/h1-2,4-7,10-13,16,20-21,23,31H,3,8-9,14-15,17H2. The minimum absolute atomic E-state index is 0.0104. The van der Waals surface area contributed by atoms with Crippen molar-refractivity contribution in [3.8, 4) is 5.75 Å². The van der Waals surface area contributed by atoms with Gasteiger partial charge in [-0.2, -0.15) is 5.10 Å². The molecular weight excluding hydrogens is 402 g/mol. The van der Waals surface area contributed by atoms with Gasteiger partial charge in [-0.3, -0.25) is 14.3 Å². The normalized spacial score (nSPS) is 19.2. The third-order valence-corrected chi connectivity index (χ3v) is 6.87. The van der Waals surface area contributed by atoms with Gasteiger partial charge in [-0.15, -0.1) is 0 Å². The van der Waals surface area contributed by atoms with E-state index in [1.54, 1.807) is 4.68 Å². The van der Waals surface area contributed by atoms with E-state index in [1.165, 1.54) is 6.42 Å². The molecule has 0 radical (unpaired) electrons. The van der Waals surface area contributed by atoms with Crippen LogP contribution in [-0.4, -0.2) is 38.3 Å². The third kappa shape index (κ3) is 3.60. The first kappa shape index (κ1) is 20.5. The van der Waals surface area contributed by atoms with Gasteiger partial charge in [0.2, 0.25) is 5.43 Å². The predicted octanol–water partition coefficient (Wildman–Crippen LogP) is 4.11. The fourth-order valence-corrected chi connectivity index (χ4v) is 5.32. The number of benzene rings is 2. The average Bonchev–Trinajstić information content (AvgIpc) is 2.84. The van der Waals surface area contributed by atoms with Gasteiger partial charge < -0.3 is 10.0 Å². The quantitative estimate of drug-likeness (QED) is 0.677. The molecule has 0 saturated heterocycles. The van der Waals surface area contributed by atoms with Crippen LogP contribution in [0, 0.1) is 0 Å². The highest BCUT2D eigenvalue weighted by molar-refractivity contribution is 5.96. The Hall–Kier alpha value is -3.41. The summed E-state index contributed by atoms with van der Waals surface area (Å²) in [5, 5.41) is 15.0. The second-order valence-corrected chi connectivity index (χ2v) is 8.77. The number of fused-ring (bicyclic) bond motifs is 1. The Labute approximate surface area is 187 Å². The van der Waals surface area contributed by atoms with Crippen LogP contribution in [0.25, 0.3) is 0 Å². The van der Waals surface area contributed by atoms with E-state index in [2.05, 4.69) is 29.4 Å². The first-order valence-electron chi connectivity index (χ1n) is 11.4. The highest BCUT2D eigenvalue weighted by atomic mass is 16.3. The summed E-state index contributed by atoms with van der Waals surface area (Å²) in [5.74, 6) is -0.893. The highest BCUT2D eigenvalue weighted by Gasteiger charge is 2.42. The van der Waals surface area contributed by atoms with Crippen molar-refractivity contribution in [3.63, 3.8) is 0 Å². The van der Waals surface area contributed by atoms with E-state index < -0.39 is 11.2 Å². The maximum absolute atomic E-state index is 13.5. The van der Waals surface area contributed by atoms with E-state index in [0.29, 0.717) is 6.54 Å². The number of hydrogen-bond acceptors (Lipinski definition) is 4. The lowest BCUT2D eigenvalue weighted by molar-refractivity contribution is 0.0483. The lowest BCUT2D eigenvalue weighted by Crippen LogP contribution is -2.51. The third-order valence-electron chi connectivity index (χ3n) is 6.87. The van der Waals surface area contributed by atoms with Gasteiger partial charge in [0, 0.05) is 18.5 Å². The van der Waals surface area contributed by atoms with E-state index >= 15 is 0 Å². The Morgan fingerprint density at radius 1 is 0.875 bits per heavy atom. The van der Waals surface area contributed by atoms with Gasteiger partial charge in [0.15, 0.2) is 11.4 Å². The average molecular weight is 430 g/mol. The van der Waals surface area contributed by atoms with E-state index in [4.69, 9.17) is 0 Å². The fraction of sp³-hybridized carbons (Fsp3) is 0.346. The number of nitrogens with zero attached hydrogens (tertiary/aromatic N) is 3. The summed E-state index contributed by atoms with van der Waals surface area (Å²) in [6.07, 6.45) is 6.37. The number of aromatic nitrogens is 2. The Balaban J connectivity index is 1.68. The molecule has 1 fully saturated rings. The van der Waals surface area contributed by atoms with Gasteiger partial charge in [0.05, 0.1) is 12.2 Å². The van der Waals surface area contributed by atoms with Crippen LogP contribution in [0.3, 0.4) is 0 Å². The van der Waals surface area contributed by atoms with Crippen molar-refractivity contribution in [1.82, 2.24) is 14.7 Å². The molecule has 2 heterocycles. The van der Waals surface area contributed by atoms with E-state index in [-0.39, 0.29) is 29.6 Å². The zero-order valence-corrected chi connectivity index (χ0v) is 17.9. The van der Waals surface area contributed by atoms with Crippen LogP contribution in [0.5, 0.6) is 5.75 Å². The maximum Gasteiger partial charge on any atom is 0.276 e. The van der Waals surface area contributed by atoms with Crippen LogP contribution in [0.4, 0.5) is 0 Å². The molecule has 164 valence electrons. The number of hydrogen-bond donors (Lipinski definition) is 1. The minimum atomic E-state index is -0.621. The van der Waals surface area contributed by atoms with Crippen LogP contribution in [-0.2, 0) is 0 Å². The molecule has 5 rings (SSSR count). The van der Waals surface area contributed by atoms with Gasteiger partial charge in [0.1, 0.15) is 0 Å². The monoisotopic (exact) mass is 429 g/mol. The van der Waals surface area contributed by atoms with Crippen molar-refractivity contribution in [1.29, 1.82) is 0 Å². The molecule has 32 heavy (non-hydrogen) atoms. The van der Waals surface area contributed by atoms with Crippen LogP contribution >= 0.6 is 0 Å². The Morgan fingerprint density at radius 3 is 2.06 bits per heavy atom. The molecule has 1 unspecified atom stereocenters. The number of rotatable bonds is 4. The van der Waals surface area contributed by atoms with Gasteiger partial charge >= 0.3 is 0 Å². The van der Waals surface area contributed by atoms with Crippen molar-refractivity contribution in [2.45, 2.75) is 50.1 Å². The summed E-state index contributed by atoms with van der Waals surface area (Å²) in [6.45, 7) is 0.486. The molecule has 1 N–H and O–H groups in total. The van der Waals surface area contributed by atoms with Crippen molar-refractivity contribution >= 4 is 5.91 Å². The molecule has 3 aromatic rings. The largest absolute Gasteiger partial charge is 0.502 e. The molecule has 2 aromatic carbocycles.